The number of anilines is 1. The van der Waals surface area contributed by atoms with Gasteiger partial charge < -0.3 is 10.1 Å². The molecular weight excluding hydrogens is 397 g/mol. The molecule has 0 aromatic heterocycles. The third-order valence-corrected chi connectivity index (χ3v) is 5.28. The summed E-state index contributed by atoms with van der Waals surface area (Å²) < 4.78 is 69.5. The van der Waals surface area contributed by atoms with Crippen molar-refractivity contribution in [1.82, 2.24) is 4.72 Å². The molecule has 1 atom stereocenters. The summed E-state index contributed by atoms with van der Waals surface area (Å²) in [7, 11) is -2.29. The molecule has 0 spiro atoms. The number of ether oxygens (including phenoxy) is 1. The van der Waals surface area contributed by atoms with Gasteiger partial charge in [0.25, 0.3) is 5.91 Å². The lowest BCUT2D eigenvalue weighted by atomic mass is 10.1. The minimum absolute atomic E-state index is 0.00276. The van der Waals surface area contributed by atoms with Gasteiger partial charge in [0.05, 0.1) is 17.1 Å². The number of hydrogen-bond donors (Lipinski definition) is 2. The highest BCUT2D eigenvalue weighted by Gasteiger charge is 2.30. The molecule has 0 saturated carbocycles. The Morgan fingerprint density at radius 1 is 1.07 bits per heavy atom. The van der Waals surface area contributed by atoms with Crippen LogP contribution in [0.2, 0.25) is 0 Å². The zero-order chi connectivity index (χ0) is 20.9. The number of carbonyl (C=O) groups excluding carboxylic acids is 1. The highest BCUT2D eigenvalue weighted by molar-refractivity contribution is 7.89. The van der Waals surface area contributed by atoms with Crippen LogP contribution >= 0.6 is 0 Å². The van der Waals surface area contributed by atoms with Gasteiger partial charge in [-0.1, -0.05) is 0 Å². The molecule has 0 aliphatic carbocycles. The highest BCUT2D eigenvalue weighted by Crippen LogP contribution is 2.29. The Morgan fingerprint density at radius 3 is 2.14 bits per heavy atom. The molecule has 0 heterocycles. The van der Waals surface area contributed by atoms with Gasteiger partial charge in [0.15, 0.2) is 0 Å². The van der Waals surface area contributed by atoms with Crippen LogP contribution in [-0.2, 0) is 20.9 Å². The summed E-state index contributed by atoms with van der Waals surface area (Å²) in [6, 6.07) is 8.74. The highest BCUT2D eigenvalue weighted by atomic mass is 32.2. The molecule has 0 bridgehead atoms. The molecule has 152 valence electrons. The summed E-state index contributed by atoms with van der Waals surface area (Å²) in [6.07, 6.45) is -4.48. The molecule has 0 aliphatic heterocycles. The molecule has 2 aromatic rings. The van der Waals surface area contributed by atoms with E-state index in [0.29, 0.717) is 5.69 Å². The van der Waals surface area contributed by atoms with Gasteiger partial charge in [-0.05, 0) is 55.5 Å². The lowest BCUT2D eigenvalue weighted by Crippen LogP contribution is -2.35. The molecule has 6 nitrogen and oxygen atoms in total. The van der Waals surface area contributed by atoms with Crippen molar-refractivity contribution in [3.63, 3.8) is 0 Å². The van der Waals surface area contributed by atoms with Crippen LogP contribution in [0.15, 0.2) is 53.4 Å². The molecule has 0 saturated heterocycles. The lowest BCUT2D eigenvalue weighted by Gasteiger charge is -2.13. The molecule has 0 fully saturated rings. The quantitative estimate of drug-likeness (QED) is 0.726. The third-order valence-electron chi connectivity index (χ3n) is 3.67. The lowest BCUT2D eigenvalue weighted by molar-refractivity contribution is -0.137. The van der Waals surface area contributed by atoms with Crippen molar-refractivity contribution in [2.75, 3.05) is 19.0 Å². The van der Waals surface area contributed by atoms with Crippen molar-refractivity contribution < 1.29 is 31.1 Å². The Bertz CT molecular complexity index is 911. The smallest absolute Gasteiger partial charge is 0.383 e. The zero-order valence-corrected chi connectivity index (χ0v) is 15.9. The predicted molar refractivity (Wildman–Crippen MR) is 97.5 cm³/mol. The summed E-state index contributed by atoms with van der Waals surface area (Å²) in [5, 5.41) is 2.50. The van der Waals surface area contributed by atoms with E-state index in [-0.39, 0.29) is 17.1 Å². The van der Waals surface area contributed by atoms with Gasteiger partial charge in [-0.15, -0.1) is 0 Å². The van der Waals surface area contributed by atoms with Crippen LogP contribution in [0.25, 0.3) is 0 Å². The second-order valence-electron chi connectivity index (χ2n) is 6.03. The van der Waals surface area contributed by atoms with E-state index < -0.39 is 33.7 Å². The molecule has 1 amide bonds. The van der Waals surface area contributed by atoms with Gasteiger partial charge in [0.1, 0.15) is 0 Å². The third kappa shape index (κ3) is 5.78. The number of sulfonamides is 1. The molecule has 2 rings (SSSR count). The Kier molecular flexibility index (Phi) is 6.81. The normalized spacial score (nSPS) is 13.2. The van der Waals surface area contributed by atoms with Gasteiger partial charge in [0, 0.05) is 24.4 Å². The maximum absolute atomic E-state index is 12.6. The predicted octanol–water partition coefficient (Wildman–Crippen LogP) is 3.27. The van der Waals surface area contributed by atoms with Gasteiger partial charge >= 0.3 is 6.18 Å². The van der Waals surface area contributed by atoms with E-state index in [1.807, 2.05) is 0 Å². The number of nitrogens with one attached hydrogen (secondary N) is 2. The van der Waals surface area contributed by atoms with E-state index in [4.69, 9.17) is 4.74 Å². The molecule has 0 unspecified atom stereocenters. The number of methoxy groups -OCH3 is 1. The monoisotopic (exact) mass is 416 g/mol. The zero-order valence-electron chi connectivity index (χ0n) is 15.1. The van der Waals surface area contributed by atoms with Crippen LogP contribution in [0.4, 0.5) is 18.9 Å². The molecule has 28 heavy (non-hydrogen) atoms. The fourth-order valence-corrected chi connectivity index (χ4v) is 3.58. The fraction of sp³-hybridized carbons (Fsp3) is 0.278. The summed E-state index contributed by atoms with van der Waals surface area (Å²) in [6.45, 7) is 1.86. The van der Waals surface area contributed by atoms with Crippen LogP contribution < -0.4 is 10.0 Å². The van der Waals surface area contributed by atoms with Crippen molar-refractivity contribution in [3.05, 3.63) is 59.7 Å². The number of alkyl halides is 3. The number of carbonyl (C=O) groups is 1. The maximum Gasteiger partial charge on any atom is 0.416 e. The van der Waals surface area contributed by atoms with Crippen molar-refractivity contribution in [2.45, 2.75) is 24.0 Å². The van der Waals surface area contributed by atoms with Crippen LogP contribution in [0, 0.1) is 0 Å². The van der Waals surface area contributed by atoms with Crippen LogP contribution in [0.1, 0.15) is 22.8 Å². The minimum atomic E-state index is -4.48. The Morgan fingerprint density at radius 2 is 1.64 bits per heavy atom. The first-order valence-corrected chi connectivity index (χ1v) is 9.61. The number of hydrogen-bond acceptors (Lipinski definition) is 4. The van der Waals surface area contributed by atoms with Crippen LogP contribution in [-0.4, -0.2) is 34.1 Å². The number of rotatable bonds is 7. The SMILES string of the molecule is COC[C@@H](C)NS(=O)(=O)c1ccc(NC(=O)c2ccc(C(F)(F)F)cc2)cc1. The van der Waals surface area contributed by atoms with E-state index in [1.54, 1.807) is 6.92 Å². The molecule has 2 aromatic carbocycles. The summed E-state index contributed by atoms with van der Waals surface area (Å²) in [5.41, 5.74) is -0.512. The number of halogens is 3. The maximum atomic E-state index is 12.6. The molecule has 2 N–H and O–H groups in total. The van der Waals surface area contributed by atoms with E-state index in [0.717, 1.165) is 24.3 Å². The molecule has 0 aliphatic rings. The van der Waals surface area contributed by atoms with Gasteiger partial charge in [-0.2, -0.15) is 13.2 Å². The molecule has 10 heteroatoms. The van der Waals surface area contributed by atoms with Crippen molar-refractivity contribution in [3.8, 4) is 0 Å². The Labute approximate surface area is 160 Å². The Balaban J connectivity index is 2.06. The first-order chi connectivity index (χ1) is 13.0. The summed E-state index contributed by atoms with van der Waals surface area (Å²) in [5.74, 6) is -0.615. The topological polar surface area (TPSA) is 84.5 Å². The molecular formula is C18H19F3N2O4S. The summed E-state index contributed by atoms with van der Waals surface area (Å²) in [4.78, 5) is 12.1. The van der Waals surface area contributed by atoms with Gasteiger partial charge in [-0.25, -0.2) is 13.1 Å². The second kappa shape index (κ2) is 8.72. The molecule has 0 radical (unpaired) electrons. The average molecular weight is 416 g/mol. The van der Waals surface area contributed by atoms with Gasteiger partial charge in [-0.3, -0.25) is 4.79 Å². The van der Waals surface area contributed by atoms with Crippen molar-refractivity contribution in [2.24, 2.45) is 0 Å². The first kappa shape index (κ1) is 21.9. The summed E-state index contributed by atoms with van der Waals surface area (Å²) >= 11 is 0. The Hall–Kier alpha value is -2.43. The number of amides is 1. The van der Waals surface area contributed by atoms with Crippen LogP contribution in [0.3, 0.4) is 0 Å². The minimum Gasteiger partial charge on any atom is -0.383 e. The van der Waals surface area contributed by atoms with Gasteiger partial charge in [0.2, 0.25) is 10.0 Å². The second-order valence-corrected chi connectivity index (χ2v) is 7.75. The standard InChI is InChI=1S/C18H19F3N2O4S/c1-12(11-27-2)23-28(25,26)16-9-7-15(8-10-16)22-17(24)13-3-5-14(6-4-13)18(19,20)21/h3-10,12,23H,11H2,1-2H3,(H,22,24)/t12-/m1/s1. The average Bonchev–Trinajstić information content (AvgIpc) is 2.61. The van der Waals surface area contributed by atoms with Crippen molar-refractivity contribution in [1.29, 1.82) is 0 Å². The fourth-order valence-electron chi connectivity index (χ4n) is 2.35. The van der Waals surface area contributed by atoms with Crippen molar-refractivity contribution >= 4 is 21.6 Å². The van der Waals surface area contributed by atoms with E-state index in [1.165, 1.54) is 31.4 Å². The first-order valence-electron chi connectivity index (χ1n) is 8.13. The van der Waals surface area contributed by atoms with E-state index in [2.05, 4.69) is 10.0 Å². The van der Waals surface area contributed by atoms with E-state index >= 15 is 0 Å². The number of benzene rings is 2. The van der Waals surface area contributed by atoms with E-state index in [9.17, 15) is 26.4 Å². The van der Waals surface area contributed by atoms with Crippen LogP contribution in [0.5, 0.6) is 0 Å². The largest absolute Gasteiger partial charge is 0.416 e.